The number of imide groups is 1. The molecule has 0 fully saturated rings. The average molecular weight is 375 g/mol. The Morgan fingerprint density at radius 2 is 1.67 bits per heavy atom. The highest BCUT2D eigenvalue weighted by Crippen LogP contribution is 2.25. The molecule has 2 rings (SSSR count). The number of carbonyl (C=O) groups excluding carboxylic acids is 2. The lowest BCUT2D eigenvalue weighted by Gasteiger charge is -2.31. The summed E-state index contributed by atoms with van der Waals surface area (Å²) in [6, 6.07) is 5.86. The lowest BCUT2D eigenvalue weighted by Crippen LogP contribution is -2.53. The van der Waals surface area contributed by atoms with Crippen molar-refractivity contribution in [2.75, 3.05) is 0 Å². The van der Waals surface area contributed by atoms with E-state index in [0.29, 0.717) is 11.4 Å². The minimum Gasteiger partial charge on any atom is -0.464 e. The van der Waals surface area contributed by atoms with Crippen molar-refractivity contribution in [1.29, 1.82) is 0 Å². The number of carboxylic acid groups (broad SMARTS) is 1. The molecule has 148 valence electrons. The predicted molar refractivity (Wildman–Crippen MR) is 107 cm³/mol. The molecule has 1 aromatic rings. The Morgan fingerprint density at radius 1 is 1.19 bits per heavy atom. The molecular formula is C20H29N3O4. The van der Waals surface area contributed by atoms with E-state index in [9.17, 15) is 19.5 Å². The molecule has 1 atom stereocenters. The number of aliphatic imine (C=N–C) groups is 1. The Balaban J connectivity index is 0.000000722. The van der Waals surface area contributed by atoms with Crippen molar-refractivity contribution in [3.8, 4) is 0 Å². The summed E-state index contributed by atoms with van der Waals surface area (Å²) in [5, 5.41) is 10.7. The SMILES string of the molecule is CC.CC=N/C=C\C.CCC(C)N(C(=O)O)N1C(=O)c2ccccc2C1=O. The fourth-order valence-electron chi connectivity index (χ4n) is 2.19. The van der Waals surface area contributed by atoms with Crippen LogP contribution >= 0.6 is 0 Å². The third-order valence-corrected chi connectivity index (χ3v) is 3.58. The zero-order chi connectivity index (χ0) is 21.0. The Bertz CT molecular complexity index is 653. The summed E-state index contributed by atoms with van der Waals surface area (Å²) >= 11 is 0. The van der Waals surface area contributed by atoms with Crippen LogP contribution in [0.2, 0.25) is 0 Å². The normalized spacial score (nSPS) is 13.6. The van der Waals surface area contributed by atoms with E-state index in [1.54, 1.807) is 38.4 Å². The van der Waals surface area contributed by atoms with Gasteiger partial charge in [-0.2, -0.15) is 5.01 Å². The van der Waals surface area contributed by atoms with Crippen LogP contribution in [-0.4, -0.2) is 45.3 Å². The first-order valence-electron chi connectivity index (χ1n) is 8.99. The summed E-state index contributed by atoms with van der Waals surface area (Å²) in [5.41, 5.74) is 0.476. The van der Waals surface area contributed by atoms with Gasteiger partial charge < -0.3 is 5.11 Å². The summed E-state index contributed by atoms with van der Waals surface area (Å²) in [6.07, 6.45) is 4.57. The third-order valence-electron chi connectivity index (χ3n) is 3.58. The second kappa shape index (κ2) is 12.4. The minimum atomic E-state index is -1.32. The summed E-state index contributed by atoms with van der Waals surface area (Å²) < 4.78 is 0. The molecule has 0 saturated carbocycles. The zero-order valence-corrected chi connectivity index (χ0v) is 16.8. The molecule has 27 heavy (non-hydrogen) atoms. The molecule has 7 nitrogen and oxygen atoms in total. The first-order chi connectivity index (χ1) is 12.9. The van der Waals surface area contributed by atoms with Crippen molar-refractivity contribution in [1.82, 2.24) is 10.0 Å². The van der Waals surface area contributed by atoms with Crippen LogP contribution in [0.3, 0.4) is 0 Å². The van der Waals surface area contributed by atoms with Crippen LogP contribution in [0.4, 0.5) is 4.79 Å². The Kier molecular flexibility index (Phi) is 11.0. The summed E-state index contributed by atoms with van der Waals surface area (Å²) in [5.74, 6) is -1.19. The van der Waals surface area contributed by atoms with Gasteiger partial charge in [-0.15, -0.1) is 0 Å². The van der Waals surface area contributed by atoms with Gasteiger partial charge in [-0.05, 0) is 39.3 Å². The van der Waals surface area contributed by atoms with E-state index in [1.807, 2.05) is 33.8 Å². The van der Waals surface area contributed by atoms with Crippen molar-refractivity contribution < 1.29 is 19.5 Å². The second-order valence-corrected chi connectivity index (χ2v) is 5.24. The quantitative estimate of drug-likeness (QED) is 0.614. The van der Waals surface area contributed by atoms with Gasteiger partial charge in [0, 0.05) is 12.4 Å². The number of hydrazine groups is 1. The molecule has 7 heteroatoms. The van der Waals surface area contributed by atoms with Crippen molar-refractivity contribution in [2.45, 2.75) is 54.0 Å². The summed E-state index contributed by atoms with van der Waals surface area (Å²) in [6.45, 7) is 11.3. The first kappa shape index (κ1) is 24.0. The van der Waals surface area contributed by atoms with E-state index in [-0.39, 0.29) is 11.1 Å². The molecule has 1 aliphatic rings. The largest absolute Gasteiger partial charge is 0.464 e. The lowest BCUT2D eigenvalue weighted by atomic mass is 10.1. The molecule has 0 bridgehead atoms. The lowest BCUT2D eigenvalue weighted by molar-refractivity contribution is -0.00909. The molecule has 0 saturated heterocycles. The standard InChI is InChI=1S/C13H14N2O4.C5H9N.C2H6/c1-3-8(2)14(13(18)19)15-11(16)9-6-4-5-7-10(9)12(15)17;1-3-5-6-4-2;1-2/h4-8H,3H2,1-2H3,(H,18,19);3-5H,1-2H3;1-2H3/b;5-3-,6-4?;. The summed E-state index contributed by atoms with van der Waals surface area (Å²) in [7, 11) is 0. The van der Waals surface area contributed by atoms with E-state index in [2.05, 4.69) is 4.99 Å². The van der Waals surface area contributed by atoms with Gasteiger partial charge >= 0.3 is 6.09 Å². The van der Waals surface area contributed by atoms with Gasteiger partial charge in [0.15, 0.2) is 0 Å². The number of carbonyl (C=O) groups is 3. The van der Waals surface area contributed by atoms with Crippen molar-refractivity contribution in [3.63, 3.8) is 0 Å². The molecule has 3 amide bonds. The van der Waals surface area contributed by atoms with E-state index in [4.69, 9.17) is 0 Å². The number of nitrogens with zero attached hydrogens (tertiary/aromatic N) is 3. The molecule has 1 aromatic carbocycles. The average Bonchev–Trinajstić information content (AvgIpc) is 2.93. The van der Waals surface area contributed by atoms with Gasteiger partial charge in [-0.3, -0.25) is 14.6 Å². The van der Waals surface area contributed by atoms with Gasteiger partial charge in [0.05, 0.1) is 17.2 Å². The first-order valence-corrected chi connectivity index (χ1v) is 8.99. The molecule has 1 heterocycles. The smallest absolute Gasteiger partial charge is 0.427 e. The van der Waals surface area contributed by atoms with Gasteiger partial charge in [-0.1, -0.05) is 39.0 Å². The summed E-state index contributed by atoms with van der Waals surface area (Å²) in [4.78, 5) is 39.4. The fourth-order valence-corrected chi connectivity index (χ4v) is 2.19. The van der Waals surface area contributed by atoms with Crippen LogP contribution in [0.15, 0.2) is 41.5 Å². The highest BCUT2D eigenvalue weighted by Gasteiger charge is 2.42. The van der Waals surface area contributed by atoms with Gasteiger partial charge in [0.2, 0.25) is 0 Å². The number of hydrogen-bond acceptors (Lipinski definition) is 4. The van der Waals surface area contributed by atoms with Gasteiger partial charge in [-0.25, -0.2) is 9.80 Å². The van der Waals surface area contributed by atoms with Crippen LogP contribution in [-0.2, 0) is 0 Å². The Labute approximate surface area is 161 Å². The van der Waals surface area contributed by atoms with E-state index < -0.39 is 23.9 Å². The number of fused-ring (bicyclic) bond motifs is 1. The molecule has 0 aromatic heterocycles. The predicted octanol–water partition coefficient (Wildman–Crippen LogP) is 4.61. The Hall–Kier alpha value is -2.96. The van der Waals surface area contributed by atoms with Crippen molar-refractivity contribution in [2.24, 2.45) is 4.99 Å². The number of allylic oxidation sites excluding steroid dienone is 1. The van der Waals surface area contributed by atoms with Crippen LogP contribution < -0.4 is 0 Å². The van der Waals surface area contributed by atoms with Gasteiger partial charge in [0.25, 0.3) is 11.8 Å². The molecule has 1 N–H and O–H groups in total. The number of hydrogen-bond donors (Lipinski definition) is 1. The van der Waals surface area contributed by atoms with E-state index in [0.717, 1.165) is 5.01 Å². The minimum absolute atomic E-state index is 0.238. The maximum Gasteiger partial charge on any atom is 0.427 e. The van der Waals surface area contributed by atoms with Crippen LogP contribution in [0.25, 0.3) is 0 Å². The maximum absolute atomic E-state index is 12.2. The van der Waals surface area contributed by atoms with Crippen LogP contribution in [0.1, 0.15) is 68.7 Å². The second-order valence-electron chi connectivity index (χ2n) is 5.24. The van der Waals surface area contributed by atoms with Crippen molar-refractivity contribution in [3.05, 3.63) is 47.7 Å². The number of amides is 3. The monoisotopic (exact) mass is 375 g/mol. The zero-order valence-electron chi connectivity index (χ0n) is 16.8. The highest BCUT2D eigenvalue weighted by atomic mass is 16.4. The highest BCUT2D eigenvalue weighted by molar-refractivity contribution is 6.21. The van der Waals surface area contributed by atoms with E-state index >= 15 is 0 Å². The Morgan fingerprint density at radius 3 is 1.96 bits per heavy atom. The third kappa shape index (κ3) is 6.06. The van der Waals surface area contributed by atoms with Gasteiger partial charge in [0.1, 0.15) is 0 Å². The molecule has 1 aliphatic heterocycles. The van der Waals surface area contributed by atoms with Crippen LogP contribution in [0.5, 0.6) is 0 Å². The number of rotatable bonds is 4. The molecule has 0 spiro atoms. The molecule has 1 unspecified atom stereocenters. The van der Waals surface area contributed by atoms with Crippen molar-refractivity contribution >= 4 is 24.1 Å². The molecule has 0 aliphatic carbocycles. The topological polar surface area (TPSA) is 90.3 Å². The van der Waals surface area contributed by atoms with Crippen LogP contribution in [0, 0.1) is 0 Å². The molecule has 0 radical (unpaired) electrons. The molecular weight excluding hydrogens is 346 g/mol. The fraction of sp³-hybridized carbons (Fsp3) is 0.400. The van der Waals surface area contributed by atoms with E-state index in [1.165, 1.54) is 12.1 Å². The maximum atomic E-state index is 12.2. The number of benzene rings is 1.